The first-order valence-electron chi connectivity index (χ1n) is 6.93. The molecule has 5 heteroatoms. The fourth-order valence-corrected chi connectivity index (χ4v) is 3.48. The molecule has 1 aromatic carbocycles. The molecule has 0 saturated carbocycles. The Balaban J connectivity index is 1.91. The van der Waals surface area contributed by atoms with Gasteiger partial charge in [-0.1, -0.05) is 0 Å². The van der Waals surface area contributed by atoms with Gasteiger partial charge in [0.1, 0.15) is 5.75 Å². The van der Waals surface area contributed by atoms with Crippen molar-refractivity contribution in [3.8, 4) is 5.75 Å². The number of hydrogen-bond donors (Lipinski definition) is 2. The van der Waals surface area contributed by atoms with E-state index in [-0.39, 0.29) is 0 Å². The highest BCUT2D eigenvalue weighted by Gasteiger charge is 2.20. The quantitative estimate of drug-likeness (QED) is 0.903. The number of rotatable bonds is 3. The number of aromatic amines is 1. The largest absolute Gasteiger partial charge is 0.497 e. The second-order valence-corrected chi connectivity index (χ2v) is 6.24. The first-order valence-corrected chi connectivity index (χ1v) is 7.72. The van der Waals surface area contributed by atoms with Crippen LogP contribution < -0.4 is 10.1 Å². The molecule has 4 nitrogen and oxygen atoms in total. The molecule has 1 aliphatic rings. The lowest BCUT2D eigenvalue weighted by Gasteiger charge is -2.31. The second-order valence-electron chi connectivity index (χ2n) is 5.45. The van der Waals surface area contributed by atoms with Gasteiger partial charge in [-0.2, -0.15) is 0 Å². The van der Waals surface area contributed by atoms with E-state index in [1.807, 2.05) is 6.07 Å². The first kappa shape index (κ1) is 13.9. The number of nitrogens with zero attached hydrogens (tertiary/aromatic N) is 1. The van der Waals surface area contributed by atoms with Gasteiger partial charge in [-0.25, -0.2) is 0 Å². The molecule has 1 saturated heterocycles. The van der Waals surface area contributed by atoms with Crippen molar-refractivity contribution >= 4 is 26.8 Å². The predicted octanol–water partition coefficient (Wildman–Crippen LogP) is 2.39. The molecule has 0 amide bonds. The van der Waals surface area contributed by atoms with Crippen LogP contribution in [0.2, 0.25) is 0 Å². The van der Waals surface area contributed by atoms with Crippen molar-refractivity contribution in [2.24, 2.45) is 0 Å². The fourth-order valence-electron chi connectivity index (χ4n) is 2.90. The summed E-state index contributed by atoms with van der Waals surface area (Å²) in [6, 6.07) is 6.67. The van der Waals surface area contributed by atoms with E-state index in [0.717, 1.165) is 41.9 Å². The Morgan fingerprint density at radius 2 is 2.30 bits per heavy atom. The summed E-state index contributed by atoms with van der Waals surface area (Å²) >= 11 is 3.66. The van der Waals surface area contributed by atoms with Crippen molar-refractivity contribution in [1.82, 2.24) is 15.2 Å². The topological polar surface area (TPSA) is 40.3 Å². The Hall–Kier alpha value is -1.04. The van der Waals surface area contributed by atoms with Crippen LogP contribution in [0.25, 0.3) is 10.9 Å². The molecule has 2 aromatic rings. The van der Waals surface area contributed by atoms with E-state index in [1.165, 1.54) is 10.9 Å². The lowest BCUT2D eigenvalue weighted by Crippen LogP contribution is -2.49. The van der Waals surface area contributed by atoms with E-state index in [0.29, 0.717) is 6.04 Å². The van der Waals surface area contributed by atoms with Crippen LogP contribution in [0.5, 0.6) is 5.75 Å². The van der Waals surface area contributed by atoms with Gasteiger partial charge in [0.2, 0.25) is 0 Å². The van der Waals surface area contributed by atoms with Crippen LogP contribution in [0.4, 0.5) is 0 Å². The summed E-state index contributed by atoms with van der Waals surface area (Å²) in [5.41, 5.74) is 2.48. The number of methoxy groups -OCH3 is 1. The summed E-state index contributed by atoms with van der Waals surface area (Å²) in [5, 5.41) is 4.84. The average Bonchev–Trinajstić information content (AvgIpc) is 2.74. The summed E-state index contributed by atoms with van der Waals surface area (Å²) in [6.07, 6.45) is 1.01. The van der Waals surface area contributed by atoms with Crippen LogP contribution >= 0.6 is 15.9 Å². The van der Waals surface area contributed by atoms with E-state index in [4.69, 9.17) is 4.74 Å². The number of fused-ring (bicyclic) bond motifs is 1. The maximum absolute atomic E-state index is 5.34. The zero-order chi connectivity index (χ0) is 14.1. The molecule has 0 bridgehead atoms. The maximum atomic E-state index is 5.34. The number of likely N-dealkylation sites (N-methyl/N-ethyl adjacent to an activating group) is 1. The second kappa shape index (κ2) is 5.76. The van der Waals surface area contributed by atoms with E-state index < -0.39 is 0 Å². The first-order chi connectivity index (χ1) is 9.67. The molecule has 1 aromatic heterocycles. The molecular weight excluding hydrogens is 318 g/mol. The Bertz CT molecular complexity index is 610. The van der Waals surface area contributed by atoms with E-state index in [2.05, 4.69) is 50.3 Å². The van der Waals surface area contributed by atoms with E-state index in [9.17, 15) is 0 Å². The summed E-state index contributed by atoms with van der Waals surface area (Å²) in [7, 11) is 3.89. The van der Waals surface area contributed by atoms with Gasteiger partial charge < -0.3 is 19.9 Å². The smallest absolute Gasteiger partial charge is 0.119 e. The average molecular weight is 338 g/mol. The van der Waals surface area contributed by atoms with Crippen molar-refractivity contribution in [1.29, 1.82) is 0 Å². The van der Waals surface area contributed by atoms with Gasteiger partial charge in [0.05, 0.1) is 11.7 Å². The number of aromatic nitrogens is 1. The number of benzene rings is 1. The third-order valence-electron chi connectivity index (χ3n) is 3.97. The Kier molecular flexibility index (Phi) is 4.01. The van der Waals surface area contributed by atoms with Crippen LogP contribution in [0, 0.1) is 0 Å². The highest BCUT2D eigenvalue weighted by molar-refractivity contribution is 9.10. The number of hydrogen-bond acceptors (Lipinski definition) is 3. The van der Waals surface area contributed by atoms with Crippen LogP contribution in [0.15, 0.2) is 22.8 Å². The Morgan fingerprint density at radius 1 is 1.45 bits per heavy atom. The van der Waals surface area contributed by atoms with Gasteiger partial charge in [0, 0.05) is 36.6 Å². The van der Waals surface area contributed by atoms with Crippen LogP contribution in [-0.4, -0.2) is 49.7 Å². The number of ether oxygens (including phenoxy) is 1. The van der Waals surface area contributed by atoms with Gasteiger partial charge in [-0.3, -0.25) is 0 Å². The monoisotopic (exact) mass is 337 g/mol. The SMILES string of the molecule is COc1ccc2[nH]c(Br)c(CC3CN(C)CCN3)c2c1. The standard InChI is InChI=1S/C15H20BrN3O/c1-19-6-5-17-10(9-19)7-13-12-8-11(20-2)3-4-14(12)18-15(13)16/h3-4,8,10,17-18H,5-7,9H2,1-2H3. The minimum atomic E-state index is 0.496. The third kappa shape index (κ3) is 2.71. The van der Waals surface area contributed by atoms with Gasteiger partial charge in [0.25, 0.3) is 0 Å². The molecule has 0 aliphatic carbocycles. The molecule has 2 N–H and O–H groups in total. The van der Waals surface area contributed by atoms with Crippen molar-refractivity contribution in [3.05, 3.63) is 28.4 Å². The normalized spacial score (nSPS) is 20.4. The van der Waals surface area contributed by atoms with Gasteiger partial charge >= 0.3 is 0 Å². The molecule has 0 spiro atoms. The van der Waals surface area contributed by atoms with E-state index in [1.54, 1.807) is 7.11 Å². The molecule has 0 radical (unpaired) electrons. The molecule has 20 heavy (non-hydrogen) atoms. The van der Waals surface area contributed by atoms with Gasteiger partial charge in [-0.15, -0.1) is 0 Å². The molecule has 1 unspecified atom stereocenters. The van der Waals surface area contributed by atoms with Crippen molar-refractivity contribution in [3.63, 3.8) is 0 Å². The highest BCUT2D eigenvalue weighted by Crippen LogP contribution is 2.30. The maximum Gasteiger partial charge on any atom is 0.119 e. The molecule has 1 aliphatic heterocycles. The number of H-pyrrole nitrogens is 1. The lowest BCUT2D eigenvalue weighted by molar-refractivity contribution is 0.238. The molecule has 3 rings (SSSR count). The third-order valence-corrected chi connectivity index (χ3v) is 4.65. The van der Waals surface area contributed by atoms with Crippen LogP contribution in [-0.2, 0) is 6.42 Å². The number of nitrogens with one attached hydrogen (secondary N) is 2. The Morgan fingerprint density at radius 3 is 3.05 bits per heavy atom. The van der Waals surface area contributed by atoms with Crippen molar-refractivity contribution in [2.45, 2.75) is 12.5 Å². The van der Waals surface area contributed by atoms with Crippen LogP contribution in [0.3, 0.4) is 0 Å². The summed E-state index contributed by atoms with van der Waals surface area (Å²) in [6.45, 7) is 3.27. The molecule has 1 fully saturated rings. The lowest BCUT2D eigenvalue weighted by atomic mass is 10.0. The number of piperazine rings is 1. The molecule has 1 atom stereocenters. The van der Waals surface area contributed by atoms with E-state index >= 15 is 0 Å². The molecular formula is C15H20BrN3O. The van der Waals surface area contributed by atoms with Crippen molar-refractivity contribution < 1.29 is 4.74 Å². The van der Waals surface area contributed by atoms with Gasteiger partial charge in [0.15, 0.2) is 0 Å². The zero-order valence-corrected chi connectivity index (χ0v) is 13.5. The van der Waals surface area contributed by atoms with Gasteiger partial charge in [-0.05, 0) is 53.2 Å². The molecule has 108 valence electrons. The predicted molar refractivity (Wildman–Crippen MR) is 85.5 cm³/mol. The summed E-state index contributed by atoms with van der Waals surface area (Å²) in [4.78, 5) is 5.78. The summed E-state index contributed by atoms with van der Waals surface area (Å²) in [5.74, 6) is 0.902. The van der Waals surface area contributed by atoms with Crippen molar-refractivity contribution in [2.75, 3.05) is 33.8 Å². The zero-order valence-electron chi connectivity index (χ0n) is 11.9. The summed E-state index contributed by atoms with van der Waals surface area (Å²) < 4.78 is 6.42. The highest BCUT2D eigenvalue weighted by atomic mass is 79.9. The van der Waals surface area contributed by atoms with Crippen LogP contribution in [0.1, 0.15) is 5.56 Å². The fraction of sp³-hybridized carbons (Fsp3) is 0.467. The minimum absolute atomic E-state index is 0.496. The number of halogens is 1. The Labute approximate surface area is 127 Å². The molecule has 2 heterocycles. The minimum Gasteiger partial charge on any atom is -0.497 e.